The summed E-state index contributed by atoms with van der Waals surface area (Å²) in [6.45, 7) is 14.2. The summed E-state index contributed by atoms with van der Waals surface area (Å²) in [6, 6.07) is 6.20. The largest absolute Gasteiger partial charge is 0.455 e. The number of benzene rings is 2. The minimum Gasteiger partial charge on any atom is -0.455 e. The monoisotopic (exact) mass is 320 g/mol. The molecular weight excluding hydrogens is 296 g/mol. The molecule has 0 bridgehead atoms. The standard InChI is InChI=1S/C22H24O2/c1-11-8-9-18(10-12(11)2)21-17(7)20(23)19-15(5)13(3)14(4)16(6)22(19)24-21/h8-10H,1-7H3. The number of aryl methyl sites for hydroxylation is 4. The summed E-state index contributed by atoms with van der Waals surface area (Å²) in [5.41, 5.74) is 9.31. The molecule has 0 amide bonds. The molecule has 0 spiro atoms. The molecule has 0 aliphatic carbocycles. The van der Waals surface area contributed by atoms with Gasteiger partial charge in [0.05, 0.1) is 5.39 Å². The van der Waals surface area contributed by atoms with Crippen molar-refractivity contribution < 1.29 is 4.42 Å². The maximum absolute atomic E-state index is 13.1. The van der Waals surface area contributed by atoms with Crippen LogP contribution in [0.1, 0.15) is 38.9 Å². The highest BCUT2D eigenvalue weighted by atomic mass is 16.3. The van der Waals surface area contributed by atoms with Gasteiger partial charge in [0.1, 0.15) is 11.3 Å². The molecule has 0 saturated heterocycles. The topological polar surface area (TPSA) is 30.2 Å². The van der Waals surface area contributed by atoms with Gasteiger partial charge in [-0.15, -0.1) is 0 Å². The van der Waals surface area contributed by atoms with E-state index in [-0.39, 0.29) is 5.43 Å². The van der Waals surface area contributed by atoms with Crippen LogP contribution in [0.4, 0.5) is 0 Å². The van der Waals surface area contributed by atoms with Crippen LogP contribution in [0.3, 0.4) is 0 Å². The van der Waals surface area contributed by atoms with Crippen molar-refractivity contribution in [2.75, 3.05) is 0 Å². The van der Waals surface area contributed by atoms with E-state index in [1.165, 1.54) is 22.3 Å². The Hall–Kier alpha value is -2.35. The van der Waals surface area contributed by atoms with E-state index in [4.69, 9.17) is 4.42 Å². The molecule has 1 aromatic heterocycles. The fourth-order valence-corrected chi connectivity index (χ4v) is 3.31. The Balaban J connectivity index is 2.46. The highest BCUT2D eigenvalue weighted by Crippen LogP contribution is 2.32. The molecule has 3 aromatic rings. The van der Waals surface area contributed by atoms with Crippen LogP contribution < -0.4 is 5.43 Å². The summed E-state index contributed by atoms with van der Waals surface area (Å²) >= 11 is 0. The molecule has 2 heteroatoms. The Bertz CT molecular complexity index is 1040. The lowest BCUT2D eigenvalue weighted by atomic mass is 9.93. The minimum absolute atomic E-state index is 0.0770. The van der Waals surface area contributed by atoms with Crippen LogP contribution in [-0.4, -0.2) is 0 Å². The quantitative estimate of drug-likeness (QED) is 0.582. The Kier molecular flexibility index (Phi) is 3.87. The predicted molar refractivity (Wildman–Crippen MR) is 101 cm³/mol. The molecule has 0 fully saturated rings. The van der Waals surface area contributed by atoms with E-state index in [1.54, 1.807) is 0 Å². The van der Waals surface area contributed by atoms with Crippen molar-refractivity contribution in [1.82, 2.24) is 0 Å². The van der Waals surface area contributed by atoms with E-state index in [2.05, 4.69) is 39.8 Å². The molecule has 1 heterocycles. The molecule has 0 unspecified atom stereocenters. The van der Waals surface area contributed by atoms with E-state index >= 15 is 0 Å². The minimum atomic E-state index is 0.0770. The van der Waals surface area contributed by atoms with E-state index < -0.39 is 0 Å². The van der Waals surface area contributed by atoms with Gasteiger partial charge in [0.25, 0.3) is 0 Å². The van der Waals surface area contributed by atoms with Gasteiger partial charge in [-0.25, -0.2) is 0 Å². The van der Waals surface area contributed by atoms with Crippen LogP contribution in [-0.2, 0) is 0 Å². The van der Waals surface area contributed by atoms with Crippen LogP contribution in [0, 0.1) is 48.5 Å². The molecule has 0 aliphatic heterocycles. The first-order valence-electron chi connectivity index (χ1n) is 8.35. The first-order valence-corrected chi connectivity index (χ1v) is 8.35. The van der Waals surface area contributed by atoms with Gasteiger partial charge in [-0.2, -0.15) is 0 Å². The van der Waals surface area contributed by atoms with Crippen molar-refractivity contribution in [3.8, 4) is 11.3 Å². The van der Waals surface area contributed by atoms with Gasteiger partial charge in [-0.05, 0) is 87.9 Å². The third kappa shape index (κ3) is 2.29. The SMILES string of the molecule is Cc1ccc(-c2oc3c(C)c(C)c(C)c(C)c3c(=O)c2C)cc1C. The summed E-state index contributed by atoms with van der Waals surface area (Å²) in [4.78, 5) is 13.1. The lowest BCUT2D eigenvalue weighted by molar-refractivity contribution is 0.610. The zero-order valence-corrected chi connectivity index (χ0v) is 15.5. The molecule has 2 aromatic carbocycles. The Morgan fingerprint density at radius 3 is 1.96 bits per heavy atom. The Morgan fingerprint density at radius 2 is 1.33 bits per heavy atom. The van der Waals surface area contributed by atoms with Crippen molar-refractivity contribution in [3.63, 3.8) is 0 Å². The van der Waals surface area contributed by atoms with E-state index in [1.807, 2.05) is 26.8 Å². The summed E-state index contributed by atoms with van der Waals surface area (Å²) < 4.78 is 6.30. The van der Waals surface area contributed by atoms with E-state index in [9.17, 15) is 4.79 Å². The molecule has 0 N–H and O–H groups in total. The Labute approximate surface area is 143 Å². The summed E-state index contributed by atoms with van der Waals surface area (Å²) in [5.74, 6) is 0.682. The maximum atomic E-state index is 13.1. The van der Waals surface area contributed by atoms with Crippen LogP contribution in [0.2, 0.25) is 0 Å². The van der Waals surface area contributed by atoms with Gasteiger partial charge in [0.2, 0.25) is 0 Å². The fraction of sp³-hybridized carbons (Fsp3) is 0.318. The Morgan fingerprint density at radius 1 is 0.708 bits per heavy atom. The first-order chi connectivity index (χ1) is 11.2. The molecule has 124 valence electrons. The normalized spacial score (nSPS) is 11.3. The van der Waals surface area contributed by atoms with Crippen LogP contribution in [0.5, 0.6) is 0 Å². The number of fused-ring (bicyclic) bond motifs is 1. The summed E-state index contributed by atoms with van der Waals surface area (Å²) in [6.07, 6.45) is 0. The molecule has 0 aliphatic rings. The zero-order chi connectivity index (χ0) is 17.8. The number of hydrogen-bond acceptors (Lipinski definition) is 2. The predicted octanol–water partition coefficient (Wildman–Crippen LogP) is 5.62. The summed E-state index contributed by atoms with van der Waals surface area (Å²) in [5, 5.41) is 0.723. The van der Waals surface area contributed by atoms with Gasteiger partial charge in [-0.1, -0.05) is 12.1 Å². The van der Waals surface area contributed by atoms with E-state index in [0.29, 0.717) is 11.3 Å². The first kappa shape index (κ1) is 16.5. The summed E-state index contributed by atoms with van der Waals surface area (Å²) in [7, 11) is 0. The number of hydrogen-bond donors (Lipinski definition) is 0. The lowest BCUT2D eigenvalue weighted by Crippen LogP contribution is -2.11. The number of rotatable bonds is 1. The van der Waals surface area contributed by atoms with Gasteiger partial charge in [0, 0.05) is 11.1 Å². The molecule has 24 heavy (non-hydrogen) atoms. The van der Waals surface area contributed by atoms with Gasteiger partial charge in [0.15, 0.2) is 5.43 Å². The van der Waals surface area contributed by atoms with Gasteiger partial charge < -0.3 is 4.42 Å². The van der Waals surface area contributed by atoms with Crippen molar-refractivity contribution in [1.29, 1.82) is 0 Å². The highest BCUT2D eigenvalue weighted by molar-refractivity contribution is 5.88. The lowest BCUT2D eigenvalue weighted by Gasteiger charge is -2.15. The smallest absolute Gasteiger partial charge is 0.196 e. The van der Waals surface area contributed by atoms with Crippen LogP contribution >= 0.6 is 0 Å². The molecule has 0 saturated carbocycles. The second-order valence-corrected chi connectivity index (χ2v) is 6.89. The van der Waals surface area contributed by atoms with Gasteiger partial charge in [-0.3, -0.25) is 4.79 Å². The van der Waals surface area contributed by atoms with Crippen molar-refractivity contribution >= 4 is 11.0 Å². The third-order valence-electron chi connectivity index (χ3n) is 5.51. The molecule has 3 rings (SSSR count). The molecule has 2 nitrogen and oxygen atoms in total. The maximum Gasteiger partial charge on any atom is 0.196 e. The second-order valence-electron chi connectivity index (χ2n) is 6.89. The average Bonchev–Trinajstić information content (AvgIpc) is 2.56. The average molecular weight is 320 g/mol. The third-order valence-corrected chi connectivity index (χ3v) is 5.51. The second kappa shape index (κ2) is 5.62. The van der Waals surface area contributed by atoms with Gasteiger partial charge >= 0.3 is 0 Å². The fourth-order valence-electron chi connectivity index (χ4n) is 3.31. The highest BCUT2D eigenvalue weighted by Gasteiger charge is 2.19. The van der Waals surface area contributed by atoms with Crippen molar-refractivity contribution in [2.24, 2.45) is 0 Å². The zero-order valence-electron chi connectivity index (χ0n) is 15.5. The molecule has 0 radical (unpaired) electrons. The van der Waals surface area contributed by atoms with Crippen LogP contribution in [0.15, 0.2) is 27.4 Å². The molecule has 0 atom stereocenters. The molecular formula is C22H24O2. The van der Waals surface area contributed by atoms with Crippen molar-refractivity contribution in [2.45, 2.75) is 48.5 Å². The van der Waals surface area contributed by atoms with Crippen molar-refractivity contribution in [3.05, 3.63) is 67.4 Å². The van der Waals surface area contributed by atoms with E-state index in [0.717, 1.165) is 27.7 Å². The van der Waals surface area contributed by atoms with Crippen LogP contribution in [0.25, 0.3) is 22.3 Å².